The normalized spacial score (nSPS) is 19.6. The zero-order chi connectivity index (χ0) is 12.6. The molecule has 1 aliphatic heterocycles. The molecule has 1 atom stereocenters. The van der Waals surface area contributed by atoms with Crippen molar-refractivity contribution < 1.29 is 14.7 Å². The predicted octanol–water partition coefficient (Wildman–Crippen LogP) is 2.01. The number of H-pyrrole nitrogens is 1. The third kappa shape index (κ3) is 2.25. The van der Waals surface area contributed by atoms with E-state index in [0.29, 0.717) is 19.4 Å². The number of carboxylic acid groups (broad SMARTS) is 1. The maximum Gasteiger partial charge on any atom is 0.326 e. The molecule has 1 amide bonds. The number of aliphatic carboxylic acids is 1. The first-order chi connectivity index (χ1) is 8.00. The first kappa shape index (κ1) is 12.3. The Hall–Kier alpha value is -1.20. The van der Waals surface area contributed by atoms with Crippen LogP contribution in [0.3, 0.4) is 0 Å². The van der Waals surface area contributed by atoms with Crippen molar-refractivity contribution in [1.82, 2.24) is 9.88 Å². The number of aromatic amines is 1. The SMILES string of the molecule is O=C(O)[C@@H]1CCCN1C(=O)c1cc(Cl)c(Cl)[nH]1. The Morgan fingerprint density at radius 1 is 1.47 bits per heavy atom. The summed E-state index contributed by atoms with van der Waals surface area (Å²) < 4.78 is 0. The average Bonchev–Trinajstić information content (AvgIpc) is 2.85. The van der Waals surface area contributed by atoms with Gasteiger partial charge in [-0.3, -0.25) is 4.79 Å². The lowest BCUT2D eigenvalue weighted by molar-refractivity contribution is -0.141. The molecule has 1 fully saturated rings. The zero-order valence-corrected chi connectivity index (χ0v) is 10.3. The highest BCUT2D eigenvalue weighted by Gasteiger charge is 2.35. The highest BCUT2D eigenvalue weighted by molar-refractivity contribution is 6.41. The molecule has 7 heteroatoms. The van der Waals surface area contributed by atoms with Crippen LogP contribution < -0.4 is 0 Å². The van der Waals surface area contributed by atoms with Gasteiger partial charge in [0.15, 0.2) is 0 Å². The Morgan fingerprint density at radius 2 is 2.18 bits per heavy atom. The number of aromatic nitrogens is 1. The van der Waals surface area contributed by atoms with Gasteiger partial charge in [-0.05, 0) is 18.9 Å². The van der Waals surface area contributed by atoms with Gasteiger partial charge in [-0.1, -0.05) is 23.2 Å². The van der Waals surface area contributed by atoms with Gasteiger partial charge >= 0.3 is 5.97 Å². The molecule has 1 aromatic rings. The summed E-state index contributed by atoms with van der Waals surface area (Å²) in [5.41, 5.74) is 0.216. The molecule has 2 rings (SSSR count). The fourth-order valence-corrected chi connectivity index (χ4v) is 2.25. The summed E-state index contributed by atoms with van der Waals surface area (Å²) in [6.07, 6.45) is 1.16. The molecule has 92 valence electrons. The van der Waals surface area contributed by atoms with Crippen LogP contribution >= 0.6 is 23.2 Å². The van der Waals surface area contributed by atoms with Crippen LogP contribution in [0.25, 0.3) is 0 Å². The van der Waals surface area contributed by atoms with Gasteiger partial charge in [0.1, 0.15) is 16.9 Å². The predicted molar refractivity (Wildman–Crippen MR) is 62.5 cm³/mol. The van der Waals surface area contributed by atoms with Crippen molar-refractivity contribution in [3.63, 3.8) is 0 Å². The van der Waals surface area contributed by atoms with E-state index >= 15 is 0 Å². The van der Waals surface area contributed by atoms with Gasteiger partial charge in [-0.25, -0.2) is 4.79 Å². The number of nitrogens with zero attached hydrogens (tertiary/aromatic N) is 1. The molecule has 5 nitrogen and oxygen atoms in total. The molecule has 17 heavy (non-hydrogen) atoms. The van der Waals surface area contributed by atoms with Gasteiger partial charge in [0.25, 0.3) is 5.91 Å². The summed E-state index contributed by atoms with van der Waals surface area (Å²) >= 11 is 11.4. The van der Waals surface area contributed by atoms with Crippen molar-refractivity contribution in [3.05, 3.63) is 21.9 Å². The molecule has 0 unspecified atom stereocenters. The minimum Gasteiger partial charge on any atom is -0.480 e. The number of carbonyl (C=O) groups excluding carboxylic acids is 1. The van der Waals surface area contributed by atoms with Crippen molar-refractivity contribution >= 4 is 35.1 Å². The highest BCUT2D eigenvalue weighted by atomic mass is 35.5. The quantitative estimate of drug-likeness (QED) is 0.868. The minimum absolute atomic E-state index is 0.182. The van der Waals surface area contributed by atoms with Crippen molar-refractivity contribution in [2.24, 2.45) is 0 Å². The average molecular weight is 277 g/mol. The Bertz CT molecular complexity index is 453. The van der Waals surface area contributed by atoms with Crippen LogP contribution in [0, 0.1) is 0 Å². The number of likely N-dealkylation sites (tertiary alicyclic amines) is 1. The molecule has 2 N–H and O–H groups in total. The molecule has 1 aliphatic rings. The second kappa shape index (κ2) is 4.58. The summed E-state index contributed by atoms with van der Waals surface area (Å²) in [6, 6.07) is 0.645. The number of halogens is 2. The van der Waals surface area contributed by atoms with Crippen LogP contribution in [0.5, 0.6) is 0 Å². The number of carboxylic acids is 1. The van der Waals surface area contributed by atoms with Crippen LogP contribution in [0.15, 0.2) is 6.07 Å². The molecule has 0 aromatic carbocycles. The number of nitrogens with one attached hydrogen (secondary N) is 1. The molecule has 2 heterocycles. The zero-order valence-electron chi connectivity index (χ0n) is 8.74. The van der Waals surface area contributed by atoms with E-state index in [0.717, 1.165) is 0 Å². The Balaban J connectivity index is 2.22. The molecule has 0 bridgehead atoms. The maximum absolute atomic E-state index is 12.0. The van der Waals surface area contributed by atoms with Crippen molar-refractivity contribution in [2.45, 2.75) is 18.9 Å². The minimum atomic E-state index is -0.986. The standard InChI is InChI=1S/C10H10Cl2N2O3/c11-5-4-6(13-8(5)12)9(15)14-3-1-2-7(14)10(16)17/h4,7,13H,1-3H2,(H,16,17)/t7-/m0/s1. The van der Waals surface area contributed by atoms with Crippen LogP contribution in [-0.2, 0) is 4.79 Å². The maximum atomic E-state index is 12.0. The topological polar surface area (TPSA) is 73.4 Å². The highest BCUT2D eigenvalue weighted by Crippen LogP contribution is 2.25. The monoisotopic (exact) mass is 276 g/mol. The second-order valence-corrected chi connectivity index (χ2v) is 4.62. The van der Waals surface area contributed by atoms with E-state index in [1.54, 1.807) is 0 Å². The van der Waals surface area contributed by atoms with E-state index in [9.17, 15) is 9.59 Å². The lowest BCUT2D eigenvalue weighted by atomic mass is 10.2. The van der Waals surface area contributed by atoms with Crippen LogP contribution in [0.2, 0.25) is 10.2 Å². The number of carbonyl (C=O) groups is 2. The fraction of sp³-hybridized carbons (Fsp3) is 0.400. The Kier molecular flexibility index (Phi) is 3.31. The van der Waals surface area contributed by atoms with Gasteiger partial charge in [0, 0.05) is 6.54 Å². The molecule has 0 aliphatic carbocycles. The van der Waals surface area contributed by atoms with Crippen LogP contribution in [0.4, 0.5) is 0 Å². The molecular weight excluding hydrogens is 267 g/mol. The first-order valence-corrected chi connectivity index (χ1v) is 5.84. The number of hydrogen-bond acceptors (Lipinski definition) is 2. The second-order valence-electron chi connectivity index (χ2n) is 3.84. The summed E-state index contributed by atoms with van der Waals surface area (Å²) in [5.74, 6) is -1.37. The molecule has 1 saturated heterocycles. The molecule has 0 radical (unpaired) electrons. The number of hydrogen-bond donors (Lipinski definition) is 2. The number of rotatable bonds is 2. The van der Waals surface area contributed by atoms with Crippen molar-refractivity contribution in [2.75, 3.05) is 6.54 Å². The van der Waals surface area contributed by atoms with Crippen LogP contribution in [-0.4, -0.2) is 39.5 Å². The largest absolute Gasteiger partial charge is 0.480 e. The smallest absolute Gasteiger partial charge is 0.326 e. The summed E-state index contributed by atoms with van der Waals surface area (Å²) in [4.78, 5) is 27.0. The Labute approximate surface area is 107 Å². The van der Waals surface area contributed by atoms with E-state index in [2.05, 4.69) is 4.98 Å². The van der Waals surface area contributed by atoms with E-state index in [1.807, 2.05) is 0 Å². The lowest BCUT2D eigenvalue weighted by Gasteiger charge is -2.20. The van der Waals surface area contributed by atoms with Crippen LogP contribution in [0.1, 0.15) is 23.3 Å². The van der Waals surface area contributed by atoms with E-state index in [1.165, 1.54) is 11.0 Å². The van der Waals surface area contributed by atoms with Gasteiger partial charge in [-0.2, -0.15) is 0 Å². The molecular formula is C10H10Cl2N2O3. The summed E-state index contributed by atoms with van der Waals surface area (Å²) in [5, 5.41) is 9.42. The third-order valence-corrected chi connectivity index (χ3v) is 3.45. The van der Waals surface area contributed by atoms with E-state index in [4.69, 9.17) is 28.3 Å². The lowest BCUT2D eigenvalue weighted by Crippen LogP contribution is -2.40. The van der Waals surface area contributed by atoms with Gasteiger partial charge in [0.05, 0.1) is 5.02 Å². The Morgan fingerprint density at radius 3 is 2.71 bits per heavy atom. The summed E-state index contributed by atoms with van der Waals surface area (Å²) in [6.45, 7) is 0.435. The third-order valence-electron chi connectivity index (χ3n) is 2.75. The van der Waals surface area contributed by atoms with Crippen molar-refractivity contribution in [1.29, 1.82) is 0 Å². The van der Waals surface area contributed by atoms with Gasteiger partial charge < -0.3 is 15.0 Å². The molecule has 1 aromatic heterocycles. The van der Waals surface area contributed by atoms with Crippen molar-refractivity contribution in [3.8, 4) is 0 Å². The van der Waals surface area contributed by atoms with Gasteiger partial charge in [0.2, 0.25) is 0 Å². The van der Waals surface area contributed by atoms with Gasteiger partial charge in [-0.15, -0.1) is 0 Å². The molecule has 0 spiro atoms. The fourth-order valence-electron chi connectivity index (χ4n) is 1.94. The first-order valence-electron chi connectivity index (χ1n) is 5.08. The summed E-state index contributed by atoms with van der Waals surface area (Å²) in [7, 11) is 0. The van der Waals surface area contributed by atoms with E-state index < -0.39 is 12.0 Å². The molecule has 0 saturated carbocycles. The number of amides is 1. The van der Waals surface area contributed by atoms with E-state index in [-0.39, 0.29) is 21.8 Å².